The third-order valence-corrected chi connectivity index (χ3v) is 3.64. The highest BCUT2D eigenvalue weighted by Gasteiger charge is 2.16. The molecule has 0 saturated carbocycles. The van der Waals surface area contributed by atoms with Gasteiger partial charge in [0.15, 0.2) is 0 Å². The highest BCUT2D eigenvalue weighted by molar-refractivity contribution is 6.04. The summed E-state index contributed by atoms with van der Waals surface area (Å²) in [6, 6.07) is 13.6. The van der Waals surface area contributed by atoms with Gasteiger partial charge >= 0.3 is 0 Å². The van der Waals surface area contributed by atoms with Crippen molar-refractivity contribution in [3.05, 3.63) is 77.9 Å². The Morgan fingerprint density at radius 1 is 1.13 bits per heavy atom. The maximum Gasteiger partial charge on any atom is 0.259 e. The number of amides is 1. The van der Waals surface area contributed by atoms with Gasteiger partial charge in [-0.25, -0.2) is 0 Å². The molecule has 1 N–H and O–H groups in total. The van der Waals surface area contributed by atoms with Crippen LogP contribution in [-0.2, 0) is 13.0 Å². The number of aromatic nitrogens is 3. The summed E-state index contributed by atoms with van der Waals surface area (Å²) in [7, 11) is 0. The fraction of sp³-hybridized carbons (Fsp3) is 0.167. The second-order valence-corrected chi connectivity index (χ2v) is 5.19. The van der Waals surface area contributed by atoms with Crippen molar-refractivity contribution in [1.29, 1.82) is 0 Å². The lowest BCUT2D eigenvalue weighted by molar-refractivity contribution is 0.102. The molecule has 5 heteroatoms. The molecule has 5 nitrogen and oxygen atoms in total. The molecule has 0 fully saturated rings. The minimum atomic E-state index is -0.146. The minimum absolute atomic E-state index is 0.146. The van der Waals surface area contributed by atoms with E-state index >= 15 is 0 Å². The normalized spacial score (nSPS) is 10.5. The first-order chi connectivity index (χ1) is 11.3. The monoisotopic (exact) mass is 306 g/mol. The second-order valence-electron chi connectivity index (χ2n) is 5.19. The van der Waals surface area contributed by atoms with E-state index < -0.39 is 0 Å². The van der Waals surface area contributed by atoms with Gasteiger partial charge in [0, 0.05) is 18.1 Å². The van der Waals surface area contributed by atoms with Crippen molar-refractivity contribution < 1.29 is 4.79 Å². The molecule has 3 aromatic rings. The standard InChI is InChI=1S/C18H18N4O/c1-2-17-16(18(23)21-15-8-10-19-11-9-15)12-20-22(17)13-14-6-4-3-5-7-14/h3-12H,2,13H2,1H3,(H,19,21,23). The zero-order valence-corrected chi connectivity index (χ0v) is 12.9. The van der Waals surface area contributed by atoms with Gasteiger partial charge in [-0.05, 0) is 24.1 Å². The minimum Gasteiger partial charge on any atom is -0.322 e. The molecule has 0 aliphatic carbocycles. The molecule has 2 aromatic heterocycles. The summed E-state index contributed by atoms with van der Waals surface area (Å²) >= 11 is 0. The molecule has 2 heterocycles. The number of anilines is 1. The summed E-state index contributed by atoms with van der Waals surface area (Å²) in [5.74, 6) is -0.146. The van der Waals surface area contributed by atoms with Crippen molar-refractivity contribution in [2.75, 3.05) is 5.32 Å². The Morgan fingerprint density at radius 3 is 2.57 bits per heavy atom. The first-order valence-corrected chi connectivity index (χ1v) is 7.58. The van der Waals surface area contributed by atoms with E-state index in [9.17, 15) is 4.79 Å². The summed E-state index contributed by atoms with van der Waals surface area (Å²) < 4.78 is 1.89. The van der Waals surface area contributed by atoms with Crippen molar-refractivity contribution in [2.24, 2.45) is 0 Å². The quantitative estimate of drug-likeness (QED) is 0.788. The van der Waals surface area contributed by atoms with Crippen LogP contribution in [0.3, 0.4) is 0 Å². The van der Waals surface area contributed by atoms with Gasteiger partial charge in [0.2, 0.25) is 0 Å². The van der Waals surface area contributed by atoms with Crippen LogP contribution in [0.25, 0.3) is 0 Å². The number of rotatable bonds is 5. The Balaban J connectivity index is 1.82. The van der Waals surface area contributed by atoms with Gasteiger partial charge in [-0.2, -0.15) is 5.10 Å². The van der Waals surface area contributed by atoms with Crippen molar-refractivity contribution in [1.82, 2.24) is 14.8 Å². The maximum atomic E-state index is 12.5. The molecule has 0 radical (unpaired) electrons. The van der Waals surface area contributed by atoms with Crippen LogP contribution in [0.15, 0.2) is 61.1 Å². The maximum absolute atomic E-state index is 12.5. The number of nitrogens with zero attached hydrogens (tertiary/aromatic N) is 3. The van der Waals surface area contributed by atoms with Gasteiger partial charge in [-0.1, -0.05) is 37.3 Å². The molecule has 1 amide bonds. The van der Waals surface area contributed by atoms with E-state index in [-0.39, 0.29) is 5.91 Å². The predicted octanol–water partition coefficient (Wildman–Crippen LogP) is 3.14. The number of hydrogen-bond acceptors (Lipinski definition) is 3. The summed E-state index contributed by atoms with van der Waals surface area (Å²) in [4.78, 5) is 16.4. The van der Waals surface area contributed by atoms with Crippen LogP contribution < -0.4 is 5.32 Å². The van der Waals surface area contributed by atoms with Gasteiger partial charge in [-0.3, -0.25) is 14.5 Å². The van der Waals surface area contributed by atoms with Gasteiger partial charge in [0.25, 0.3) is 5.91 Å². The molecule has 116 valence electrons. The van der Waals surface area contributed by atoms with Crippen LogP contribution in [0, 0.1) is 0 Å². The average molecular weight is 306 g/mol. The molecule has 3 rings (SSSR count). The lowest BCUT2D eigenvalue weighted by atomic mass is 10.1. The van der Waals surface area contributed by atoms with Crippen LogP contribution in [0.1, 0.15) is 28.5 Å². The van der Waals surface area contributed by atoms with Gasteiger partial charge in [0.1, 0.15) is 0 Å². The lowest BCUT2D eigenvalue weighted by Gasteiger charge is -2.08. The van der Waals surface area contributed by atoms with E-state index in [4.69, 9.17) is 0 Å². The fourth-order valence-electron chi connectivity index (χ4n) is 2.50. The Hall–Kier alpha value is -2.95. The van der Waals surface area contributed by atoms with Gasteiger partial charge in [-0.15, -0.1) is 0 Å². The Kier molecular flexibility index (Phi) is 4.47. The number of benzene rings is 1. The molecule has 0 atom stereocenters. The highest BCUT2D eigenvalue weighted by Crippen LogP contribution is 2.14. The predicted molar refractivity (Wildman–Crippen MR) is 89.3 cm³/mol. The van der Waals surface area contributed by atoms with Crippen LogP contribution >= 0.6 is 0 Å². The number of carbonyl (C=O) groups is 1. The number of hydrogen-bond donors (Lipinski definition) is 1. The Morgan fingerprint density at radius 2 is 1.87 bits per heavy atom. The summed E-state index contributed by atoms with van der Waals surface area (Å²) in [5.41, 5.74) is 3.43. The number of nitrogens with one attached hydrogen (secondary N) is 1. The van der Waals surface area contributed by atoms with Crippen molar-refractivity contribution in [3.8, 4) is 0 Å². The topological polar surface area (TPSA) is 59.8 Å². The third-order valence-electron chi connectivity index (χ3n) is 3.64. The van der Waals surface area contributed by atoms with E-state index in [1.54, 1.807) is 30.7 Å². The molecule has 1 aromatic carbocycles. The van der Waals surface area contributed by atoms with Crippen LogP contribution in [0.5, 0.6) is 0 Å². The van der Waals surface area contributed by atoms with Gasteiger partial charge < -0.3 is 5.32 Å². The van der Waals surface area contributed by atoms with Crippen LogP contribution in [0.4, 0.5) is 5.69 Å². The molecule has 0 bridgehead atoms. The van der Waals surface area contributed by atoms with E-state index in [0.29, 0.717) is 12.1 Å². The Labute approximate surface area is 135 Å². The van der Waals surface area contributed by atoms with E-state index in [0.717, 1.165) is 23.4 Å². The van der Waals surface area contributed by atoms with E-state index in [1.807, 2.05) is 29.8 Å². The molecule has 0 spiro atoms. The summed E-state index contributed by atoms with van der Waals surface area (Å²) in [6.45, 7) is 2.69. The molecule has 0 aliphatic rings. The molecular weight excluding hydrogens is 288 g/mol. The summed E-state index contributed by atoms with van der Waals surface area (Å²) in [5, 5.41) is 7.27. The van der Waals surface area contributed by atoms with Crippen molar-refractivity contribution in [2.45, 2.75) is 19.9 Å². The molecule has 0 unspecified atom stereocenters. The largest absolute Gasteiger partial charge is 0.322 e. The smallest absolute Gasteiger partial charge is 0.259 e. The first kappa shape index (κ1) is 15.0. The SMILES string of the molecule is CCc1c(C(=O)Nc2ccncc2)cnn1Cc1ccccc1. The van der Waals surface area contributed by atoms with Crippen molar-refractivity contribution in [3.63, 3.8) is 0 Å². The molecule has 23 heavy (non-hydrogen) atoms. The average Bonchev–Trinajstić information content (AvgIpc) is 2.99. The second kappa shape index (κ2) is 6.87. The van der Waals surface area contributed by atoms with Crippen LogP contribution in [0.2, 0.25) is 0 Å². The van der Waals surface area contributed by atoms with E-state index in [2.05, 4.69) is 27.5 Å². The number of pyridine rings is 1. The fourth-order valence-corrected chi connectivity index (χ4v) is 2.50. The van der Waals surface area contributed by atoms with Gasteiger partial charge in [0.05, 0.1) is 24.0 Å². The number of carbonyl (C=O) groups excluding carboxylic acids is 1. The molecule has 0 aliphatic heterocycles. The summed E-state index contributed by atoms with van der Waals surface area (Å²) in [6.07, 6.45) is 5.68. The third kappa shape index (κ3) is 3.45. The zero-order chi connectivity index (χ0) is 16.1. The highest BCUT2D eigenvalue weighted by atomic mass is 16.1. The Bertz CT molecular complexity index is 781. The van der Waals surface area contributed by atoms with Crippen molar-refractivity contribution >= 4 is 11.6 Å². The lowest BCUT2D eigenvalue weighted by Crippen LogP contribution is -2.15. The first-order valence-electron chi connectivity index (χ1n) is 7.58. The zero-order valence-electron chi connectivity index (χ0n) is 12.9. The van der Waals surface area contributed by atoms with E-state index in [1.165, 1.54) is 0 Å². The molecular formula is C18H18N4O. The molecule has 0 saturated heterocycles. The van der Waals surface area contributed by atoms with Crippen LogP contribution in [-0.4, -0.2) is 20.7 Å².